The van der Waals surface area contributed by atoms with E-state index in [1.807, 2.05) is 0 Å². The summed E-state index contributed by atoms with van der Waals surface area (Å²) in [4.78, 5) is 0. The molecule has 0 amide bonds. The Morgan fingerprint density at radius 2 is 2.00 bits per heavy atom. The van der Waals surface area contributed by atoms with Gasteiger partial charge in [0.2, 0.25) is 0 Å². The molecule has 8 heavy (non-hydrogen) atoms. The Hall–Kier alpha value is 0.953. The Labute approximate surface area is 70.4 Å². The van der Waals surface area contributed by atoms with Gasteiger partial charge in [-0.3, -0.25) is 4.18 Å². The van der Waals surface area contributed by atoms with Crippen molar-refractivity contribution in [2.75, 3.05) is 0 Å². The van der Waals surface area contributed by atoms with Gasteiger partial charge in [0.1, 0.15) is 0 Å². The fraction of sp³-hybridized carbons (Fsp3) is 1.00. The summed E-state index contributed by atoms with van der Waals surface area (Å²) in [6.07, 6.45) is -0.238. The zero-order valence-electron chi connectivity index (χ0n) is 4.92. The second-order valence-electron chi connectivity index (χ2n) is 1.35. The van der Waals surface area contributed by atoms with Crippen molar-refractivity contribution in [2.45, 2.75) is 20.0 Å². The van der Waals surface area contributed by atoms with E-state index in [9.17, 15) is 8.76 Å². The first-order chi connectivity index (χ1) is 3.13. The Kier molecular flexibility index (Phi) is 8.90. The SMILES string of the molecule is CC(C)OS(=O)[O-].[BiH3]. The van der Waals surface area contributed by atoms with E-state index in [-0.39, 0.29) is 32.3 Å². The quantitative estimate of drug-likeness (QED) is 0.482. The van der Waals surface area contributed by atoms with E-state index in [1.165, 1.54) is 0 Å². The predicted molar refractivity (Wildman–Crippen MR) is 35.1 cm³/mol. The molecule has 0 bridgehead atoms. The maximum absolute atomic E-state index is 9.59. The molecule has 1 unspecified atom stereocenters. The van der Waals surface area contributed by atoms with Crippen molar-refractivity contribution in [1.82, 2.24) is 0 Å². The first kappa shape index (κ1) is 11.7. The monoisotopic (exact) mass is 335 g/mol. The molecule has 0 aliphatic carbocycles. The van der Waals surface area contributed by atoms with Crippen LogP contribution >= 0.6 is 0 Å². The average Bonchev–Trinajstić information content (AvgIpc) is 1.27. The molecule has 3 nitrogen and oxygen atoms in total. The Morgan fingerprint density at radius 3 is 2.00 bits per heavy atom. The van der Waals surface area contributed by atoms with Crippen molar-refractivity contribution in [1.29, 1.82) is 0 Å². The molecule has 0 aromatic heterocycles. The van der Waals surface area contributed by atoms with Crippen molar-refractivity contribution in [2.24, 2.45) is 0 Å². The summed E-state index contributed by atoms with van der Waals surface area (Å²) in [5, 5.41) is 0. The molecule has 0 fully saturated rings. The zero-order chi connectivity index (χ0) is 5.86. The van der Waals surface area contributed by atoms with Gasteiger partial charge in [-0.2, -0.15) is 0 Å². The van der Waals surface area contributed by atoms with Gasteiger partial charge >= 0.3 is 26.2 Å². The molecule has 52 valence electrons. The molecular weight excluding hydrogens is 325 g/mol. The van der Waals surface area contributed by atoms with Crippen molar-refractivity contribution in [3.63, 3.8) is 0 Å². The number of rotatable bonds is 2. The molecule has 0 aliphatic rings. The van der Waals surface area contributed by atoms with E-state index < -0.39 is 11.4 Å². The molecule has 0 saturated heterocycles. The Bertz CT molecular complexity index is 74.9. The van der Waals surface area contributed by atoms with E-state index in [1.54, 1.807) is 13.8 Å². The summed E-state index contributed by atoms with van der Waals surface area (Å²) in [6, 6.07) is 0. The van der Waals surface area contributed by atoms with Crippen LogP contribution in [0.25, 0.3) is 0 Å². The van der Waals surface area contributed by atoms with Crippen LogP contribution in [0, 0.1) is 0 Å². The summed E-state index contributed by atoms with van der Waals surface area (Å²) >= 11 is -2.35. The van der Waals surface area contributed by atoms with Crippen LogP contribution in [0.1, 0.15) is 13.8 Å². The fourth-order valence-electron chi connectivity index (χ4n) is 0.157. The third-order valence-corrected chi connectivity index (χ3v) is 0.813. The van der Waals surface area contributed by atoms with Crippen LogP contribution in [0.5, 0.6) is 0 Å². The van der Waals surface area contributed by atoms with Gasteiger partial charge in [-0.1, -0.05) is 0 Å². The molecule has 0 aliphatic heterocycles. The molecule has 0 aromatic rings. The normalized spacial score (nSPS) is 13.0. The number of hydrogen-bond acceptors (Lipinski definition) is 3. The summed E-state index contributed by atoms with van der Waals surface area (Å²) < 4.78 is 23.3. The second kappa shape index (κ2) is 6.08. The van der Waals surface area contributed by atoms with Gasteiger partial charge < -0.3 is 4.55 Å². The topological polar surface area (TPSA) is 49.4 Å². The van der Waals surface area contributed by atoms with Crippen LogP contribution in [0.15, 0.2) is 0 Å². The van der Waals surface area contributed by atoms with Crippen LogP contribution in [-0.2, 0) is 15.5 Å². The molecule has 0 saturated carbocycles. The van der Waals surface area contributed by atoms with E-state index >= 15 is 0 Å². The van der Waals surface area contributed by atoms with E-state index in [4.69, 9.17) is 0 Å². The summed E-state index contributed by atoms with van der Waals surface area (Å²) in [5.41, 5.74) is 0. The first-order valence-electron chi connectivity index (χ1n) is 1.89. The molecule has 0 radical (unpaired) electrons. The molecule has 0 heterocycles. The predicted octanol–water partition coefficient (Wildman–Crippen LogP) is -0.978. The maximum atomic E-state index is 9.59. The minimum atomic E-state index is -2.35. The van der Waals surface area contributed by atoms with Crippen LogP contribution in [0.2, 0.25) is 0 Å². The van der Waals surface area contributed by atoms with Crippen LogP contribution in [0.3, 0.4) is 0 Å². The van der Waals surface area contributed by atoms with Crippen LogP contribution in [0.4, 0.5) is 0 Å². The third kappa shape index (κ3) is 10.0. The Balaban J connectivity index is 0. The van der Waals surface area contributed by atoms with Crippen molar-refractivity contribution < 1.29 is 12.9 Å². The van der Waals surface area contributed by atoms with Crippen molar-refractivity contribution in [3.05, 3.63) is 0 Å². The van der Waals surface area contributed by atoms with Gasteiger partial charge in [-0.15, -0.1) is 0 Å². The van der Waals surface area contributed by atoms with E-state index in [0.717, 1.165) is 0 Å². The molecule has 1 atom stereocenters. The molecule has 0 spiro atoms. The van der Waals surface area contributed by atoms with E-state index in [2.05, 4.69) is 4.18 Å². The molecule has 0 aromatic carbocycles. The second-order valence-corrected chi connectivity index (χ2v) is 1.95. The van der Waals surface area contributed by atoms with Gasteiger partial charge in [0, 0.05) is 0 Å². The molecular formula is C3H10BiO3S-. The molecule has 5 heteroatoms. The summed E-state index contributed by atoms with van der Waals surface area (Å²) in [6.45, 7) is 3.30. The van der Waals surface area contributed by atoms with Gasteiger partial charge in [-0.25, -0.2) is 4.21 Å². The van der Waals surface area contributed by atoms with Gasteiger partial charge in [0.15, 0.2) is 0 Å². The summed E-state index contributed by atoms with van der Waals surface area (Å²) in [7, 11) is 0. The zero-order valence-corrected chi connectivity index (χ0v) is 11.2. The summed E-state index contributed by atoms with van der Waals surface area (Å²) in [5.74, 6) is 0. The van der Waals surface area contributed by atoms with Crippen molar-refractivity contribution >= 4 is 37.6 Å². The molecule has 0 rings (SSSR count). The number of hydrogen-bond donors (Lipinski definition) is 0. The standard InChI is InChI=1S/C3H8O3S.Bi.3H/c1-3(2)6-7(4)5;;;;/h3H,1-2H3,(H,4,5);;;;/p-1. The minimum absolute atomic E-state index is 0. The van der Waals surface area contributed by atoms with Crippen molar-refractivity contribution in [3.8, 4) is 0 Å². The first-order valence-corrected chi connectivity index (χ1v) is 2.89. The van der Waals surface area contributed by atoms with Crippen LogP contribution in [-0.4, -0.2) is 41.1 Å². The average molecular weight is 335 g/mol. The van der Waals surface area contributed by atoms with Gasteiger partial charge in [0.05, 0.1) is 17.5 Å². The van der Waals surface area contributed by atoms with Crippen LogP contribution < -0.4 is 0 Å². The van der Waals surface area contributed by atoms with Gasteiger partial charge in [-0.05, 0) is 13.8 Å². The third-order valence-electron chi connectivity index (χ3n) is 0.271. The molecule has 0 N–H and O–H groups in total. The Morgan fingerprint density at radius 1 is 1.62 bits per heavy atom. The van der Waals surface area contributed by atoms with E-state index in [0.29, 0.717) is 0 Å². The fourth-order valence-corrected chi connectivity index (χ4v) is 0.471. The van der Waals surface area contributed by atoms with Gasteiger partial charge in [0.25, 0.3) is 0 Å².